The SMILES string of the molecule is CC(C)NCc1cccnc1OCCC1CCC1. The second-order valence-electron chi connectivity index (χ2n) is 5.44. The molecule has 2 rings (SSSR count). The first-order chi connectivity index (χ1) is 8.75. The van der Waals surface area contributed by atoms with Crippen molar-refractivity contribution >= 4 is 0 Å². The summed E-state index contributed by atoms with van der Waals surface area (Å²) in [7, 11) is 0. The van der Waals surface area contributed by atoms with Crippen LogP contribution in [0.2, 0.25) is 0 Å². The third-order valence-electron chi connectivity index (χ3n) is 3.54. The monoisotopic (exact) mass is 248 g/mol. The van der Waals surface area contributed by atoms with Crippen molar-refractivity contribution in [3.8, 4) is 5.88 Å². The van der Waals surface area contributed by atoms with Gasteiger partial charge in [-0.2, -0.15) is 0 Å². The van der Waals surface area contributed by atoms with E-state index in [1.807, 2.05) is 6.07 Å². The van der Waals surface area contributed by atoms with Gasteiger partial charge in [-0.1, -0.05) is 39.2 Å². The molecule has 1 N–H and O–H groups in total. The Balaban J connectivity index is 1.81. The van der Waals surface area contributed by atoms with E-state index in [0.717, 1.165) is 30.5 Å². The molecule has 0 aliphatic heterocycles. The second kappa shape index (κ2) is 6.74. The van der Waals surface area contributed by atoms with Crippen LogP contribution in [-0.2, 0) is 6.54 Å². The van der Waals surface area contributed by atoms with Gasteiger partial charge in [0.1, 0.15) is 0 Å². The average molecular weight is 248 g/mol. The van der Waals surface area contributed by atoms with Crippen LogP contribution in [0.3, 0.4) is 0 Å². The molecule has 1 fully saturated rings. The minimum atomic E-state index is 0.480. The first-order valence-corrected chi connectivity index (χ1v) is 7.06. The highest BCUT2D eigenvalue weighted by atomic mass is 16.5. The summed E-state index contributed by atoms with van der Waals surface area (Å²) < 4.78 is 5.82. The van der Waals surface area contributed by atoms with E-state index >= 15 is 0 Å². The molecule has 0 aromatic carbocycles. The zero-order chi connectivity index (χ0) is 12.8. The molecule has 0 spiro atoms. The smallest absolute Gasteiger partial charge is 0.217 e. The number of aromatic nitrogens is 1. The molecule has 1 saturated carbocycles. The lowest BCUT2D eigenvalue weighted by molar-refractivity contribution is 0.215. The van der Waals surface area contributed by atoms with Crippen molar-refractivity contribution < 1.29 is 4.74 Å². The molecule has 0 unspecified atom stereocenters. The molecule has 18 heavy (non-hydrogen) atoms. The van der Waals surface area contributed by atoms with Crippen molar-refractivity contribution in [2.75, 3.05) is 6.61 Å². The van der Waals surface area contributed by atoms with Crippen LogP contribution >= 0.6 is 0 Å². The number of hydrogen-bond donors (Lipinski definition) is 1. The van der Waals surface area contributed by atoms with Crippen LogP contribution in [0.4, 0.5) is 0 Å². The number of nitrogens with zero attached hydrogens (tertiary/aromatic N) is 1. The molecule has 0 atom stereocenters. The van der Waals surface area contributed by atoms with Gasteiger partial charge < -0.3 is 10.1 Å². The van der Waals surface area contributed by atoms with Gasteiger partial charge in [-0.3, -0.25) is 0 Å². The van der Waals surface area contributed by atoms with Crippen LogP contribution in [-0.4, -0.2) is 17.6 Å². The van der Waals surface area contributed by atoms with Crippen molar-refractivity contribution in [1.29, 1.82) is 0 Å². The summed E-state index contributed by atoms with van der Waals surface area (Å²) in [6.07, 6.45) is 7.14. The molecule has 1 aromatic heterocycles. The fourth-order valence-corrected chi connectivity index (χ4v) is 2.11. The number of nitrogens with one attached hydrogen (secondary N) is 1. The quantitative estimate of drug-likeness (QED) is 0.805. The fourth-order valence-electron chi connectivity index (χ4n) is 2.11. The Bertz CT molecular complexity index is 361. The van der Waals surface area contributed by atoms with E-state index in [1.165, 1.54) is 25.7 Å². The predicted molar refractivity (Wildman–Crippen MR) is 73.7 cm³/mol. The summed E-state index contributed by atoms with van der Waals surface area (Å²) in [5, 5.41) is 3.40. The Morgan fingerprint density at radius 2 is 2.28 bits per heavy atom. The lowest BCUT2D eigenvalue weighted by Crippen LogP contribution is -2.22. The van der Waals surface area contributed by atoms with Gasteiger partial charge in [-0.05, 0) is 18.4 Å². The Labute approximate surface area is 110 Å². The Kier molecular flexibility index (Phi) is 5.00. The largest absolute Gasteiger partial charge is 0.477 e. The maximum absolute atomic E-state index is 5.82. The second-order valence-corrected chi connectivity index (χ2v) is 5.44. The molecule has 0 saturated heterocycles. The van der Waals surface area contributed by atoms with E-state index in [0.29, 0.717) is 6.04 Å². The third-order valence-corrected chi connectivity index (χ3v) is 3.54. The highest BCUT2D eigenvalue weighted by Crippen LogP contribution is 2.29. The number of ether oxygens (including phenoxy) is 1. The lowest BCUT2D eigenvalue weighted by atomic mass is 9.83. The summed E-state index contributed by atoms with van der Waals surface area (Å²) in [4.78, 5) is 4.34. The summed E-state index contributed by atoms with van der Waals surface area (Å²) in [5.74, 6) is 1.69. The molecule has 1 aromatic rings. The topological polar surface area (TPSA) is 34.2 Å². The van der Waals surface area contributed by atoms with Crippen LogP contribution in [0, 0.1) is 5.92 Å². The standard InChI is InChI=1S/C15H24N2O/c1-12(2)17-11-14-7-4-9-16-15(14)18-10-8-13-5-3-6-13/h4,7,9,12-13,17H,3,5-6,8,10-11H2,1-2H3. The van der Waals surface area contributed by atoms with Gasteiger partial charge in [0.25, 0.3) is 0 Å². The molecule has 100 valence electrons. The summed E-state index contributed by atoms with van der Waals surface area (Å²) >= 11 is 0. The lowest BCUT2D eigenvalue weighted by Gasteiger charge is -2.25. The van der Waals surface area contributed by atoms with Crippen molar-refractivity contribution in [2.24, 2.45) is 5.92 Å². The molecular weight excluding hydrogens is 224 g/mol. The van der Waals surface area contributed by atoms with E-state index < -0.39 is 0 Å². The number of hydrogen-bond acceptors (Lipinski definition) is 3. The third kappa shape index (κ3) is 3.98. The minimum absolute atomic E-state index is 0.480. The highest BCUT2D eigenvalue weighted by molar-refractivity contribution is 5.25. The summed E-state index contributed by atoms with van der Waals surface area (Å²) in [6.45, 7) is 5.92. The zero-order valence-electron chi connectivity index (χ0n) is 11.5. The zero-order valence-corrected chi connectivity index (χ0v) is 11.5. The normalized spacial score (nSPS) is 15.7. The van der Waals surface area contributed by atoms with Crippen LogP contribution in [0.15, 0.2) is 18.3 Å². The molecular formula is C15H24N2O. The van der Waals surface area contributed by atoms with Gasteiger partial charge in [0.05, 0.1) is 6.61 Å². The summed E-state index contributed by atoms with van der Waals surface area (Å²) in [5.41, 5.74) is 1.15. The molecule has 0 bridgehead atoms. The van der Waals surface area contributed by atoms with E-state index in [-0.39, 0.29) is 0 Å². The van der Waals surface area contributed by atoms with E-state index in [4.69, 9.17) is 4.74 Å². The van der Waals surface area contributed by atoms with Gasteiger partial charge in [0.2, 0.25) is 5.88 Å². The van der Waals surface area contributed by atoms with Crippen LogP contribution in [0.25, 0.3) is 0 Å². The van der Waals surface area contributed by atoms with Crippen LogP contribution in [0.1, 0.15) is 45.1 Å². The van der Waals surface area contributed by atoms with Crippen LogP contribution < -0.4 is 10.1 Å². The van der Waals surface area contributed by atoms with Gasteiger partial charge in [-0.25, -0.2) is 4.98 Å². The minimum Gasteiger partial charge on any atom is -0.477 e. The first-order valence-electron chi connectivity index (χ1n) is 7.06. The fraction of sp³-hybridized carbons (Fsp3) is 0.667. The molecule has 0 amide bonds. The average Bonchev–Trinajstić information content (AvgIpc) is 2.31. The van der Waals surface area contributed by atoms with Crippen LogP contribution in [0.5, 0.6) is 5.88 Å². The maximum atomic E-state index is 5.82. The number of pyridine rings is 1. The Hall–Kier alpha value is -1.09. The molecule has 3 nitrogen and oxygen atoms in total. The van der Waals surface area contributed by atoms with Gasteiger partial charge >= 0.3 is 0 Å². The molecule has 1 heterocycles. The maximum Gasteiger partial charge on any atom is 0.217 e. The molecule has 0 radical (unpaired) electrons. The summed E-state index contributed by atoms with van der Waals surface area (Å²) in [6, 6.07) is 4.53. The molecule has 1 aliphatic carbocycles. The van der Waals surface area contributed by atoms with Gasteiger partial charge in [0.15, 0.2) is 0 Å². The van der Waals surface area contributed by atoms with E-state index in [2.05, 4.69) is 30.2 Å². The van der Waals surface area contributed by atoms with Crippen molar-refractivity contribution in [3.63, 3.8) is 0 Å². The van der Waals surface area contributed by atoms with E-state index in [9.17, 15) is 0 Å². The van der Waals surface area contributed by atoms with E-state index in [1.54, 1.807) is 6.20 Å². The van der Waals surface area contributed by atoms with Gasteiger partial charge in [0, 0.05) is 24.3 Å². The van der Waals surface area contributed by atoms with Crippen molar-refractivity contribution in [3.05, 3.63) is 23.9 Å². The number of rotatable bonds is 7. The van der Waals surface area contributed by atoms with Crippen molar-refractivity contribution in [2.45, 2.75) is 52.1 Å². The predicted octanol–water partition coefficient (Wildman–Crippen LogP) is 3.15. The van der Waals surface area contributed by atoms with Crippen molar-refractivity contribution in [1.82, 2.24) is 10.3 Å². The molecule has 1 aliphatic rings. The molecule has 3 heteroatoms. The van der Waals surface area contributed by atoms with Gasteiger partial charge in [-0.15, -0.1) is 0 Å². The first kappa shape index (κ1) is 13.3. The Morgan fingerprint density at radius 3 is 2.94 bits per heavy atom. The Morgan fingerprint density at radius 1 is 1.44 bits per heavy atom. The highest BCUT2D eigenvalue weighted by Gasteiger charge is 2.17.